The molecule has 2 rings (SSSR count). The van der Waals surface area contributed by atoms with E-state index in [0.717, 1.165) is 13.0 Å². The van der Waals surface area contributed by atoms with Crippen molar-refractivity contribution in [3.05, 3.63) is 66.0 Å². The number of pyridine rings is 1. The van der Waals surface area contributed by atoms with E-state index in [0.29, 0.717) is 12.0 Å². The van der Waals surface area contributed by atoms with Gasteiger partial charge in [0.05, 0.1) is 0 Å². The Morgan fingerprint density at radius 1 is 1.00 bits per heavy atom. The molecule has 100 valence electrons. The molecule has 0 aliphatic heterocycles. The van der Waals surface area contributed by atoms with Crippen LogP contribution in [0, 0.1) is 0 Å². The highest BCUT2D eigenvalue weighted by atomic mass is 14.9. The molecule has 2 aromatic rings. The first-order valence-corrected chi connectivity index (χ1v) is 7.01. The number of nitrogens with one attached hydrogen (secondary N) is 1. The smallest absolute Gasteiger partial charge is 0.0386 e. The van der Waals surface area contributed by atoms with Crippen molar-refractivity contribution < 1.29 is 0 Å². The monoisotopic (exact) mass is 254 g/mol. The molecule has 0 saturated heterocycles. The van der Waals surface area contributed by atoms with Crippen molar-refractivity contribution in [3.63, 3.8) is 0 Å². The number of hydrogen-bond acceptors (Lipinski definition) is 2. The molecule has 2 unspecified atom stereocenters. The Kier molecular flexibility index (Phi) is 5.10. The maximum absolute atomic E-state index is 4.10. The summed E-state index contributed by atoms with van der Waals surface area (Å²) in [6.07, 6.45) is 4.88. The van der Waals surface area contributed by atoms with E-state index in [4.69, 9.17) is 0 Å². The molecule has 0 fully saturated rings. The van der Waals surface area contributed by atoms with Crippen LogP contribution < -0.4 is 5.32 Å². The zero-order valence-corrected chi connectivity index (χ0v) is 11.7. The van der Waals surface area contributed by atoms with E-state index >= 15 is 0 Å². The molecule has 1 aromatic heterocycles. The molecule has 0 radical (unpaired) electrons. The first-order chi connectivity index (χ1) is 9.33. The second-order valence-electron chi connectivity index (χ2n) is 4.91. The maximum Gasteiger partial charge on any atom is 0.0386 e. The fourth-order valence-corrected chi connectivity index (χ4v) is 2.40. The van der Waals surface area contributed by atoms with Crippen LogP contribution in [0.5, 0.6) is 0 Å². The van der Waals surface area contributed by atoms with Crippen LogP contribution in [0.3, 0.4) is 0 Å². The third kappa shape index (κ3) is 3.65. The van der Waals surface area contributed by atoms with Gasteiger partial charge in [-0.15, -0.1) is 0 Å². The summed E-state index contributed by atoms with van der Waals surface area (Å²) in [6, 6.07) is 15.2. The van der Waals surface area contributed by atoms with E-state index in [1.54, 1.807) is 0 Å². The summed E-state index contributed by atoms with van der Waals surface area (Å²) >= 11 is 0. The van der Waals surface area contributed by atoms with Crippen LogP contribution in [-0.4, -0.2) is 11.5 Å². The van der Waals surface area contributed by atoms with Gasteiger partial charge < -0.3 is 5.32 Å². The lowest BCUT2D eigenvalue weighted by atomic mass is 9.89. The van der Waals surface area contributed by atoms with E-state index in [2.05, 4.69) is 66.6 Å². The summed E-state index contributed by atoms with van der Waals surface area (Å²) < 4.78 is 0. The lowest BCUT2D eigenvalue weighted by Gasteiger charge is -2.26. The molecular formula is C17H22N2. The highest BCUT2D eigenvalue weighted by Gasteiger charge is 2.19. The summed E-state index contributed by atoms with van der Waals surface area (Å²) in [6.45, 7) is 5.51. The SMILES string of the molecule is CCCNC(c1ccccc1)C(C)c1ccncc1. The van der Waals surface area contributed by atoms with Crippen molar-refractivity contribution in [2.75, 3.05) is 6.54 Å². The Hall–Kier alpha value is -1.67. The van der Waals surface area contributed by atoms with Gasteiger partial charge in [-0.05, 0) is 36.2 Å². The van der Waals surface area contributed by atoms with Crippen molar-refractivity contribution in [2.24, 2.45) is 0 Å². The Labute approximate surface area is 115 Å². The van der Waals surface area contributed by atoms with Crippen LogP contribution in [0.25, 0.3) is 0 Å². The largest absolute Gasteiger partial charge is 0.309 e. The normalized spacial score (nSPS) is 14.0. The lowest BCUT2D eigenvalue weighted by Crippen LogP contribution is -2.26. The van der Waals surface area contributed by atoms with E-state index in [1.165, 1.54) is 11.1 Å². The van der Waals surface area contributed by atoms with Crippen LogP contribution in [0.4, 0.5) is 0 Å². The maximum atomic E-state index is 4.10. The van der Waals surface area contributed by atoms with Crippen LogP contribution in [0.1, 0.15) is 43.4 Å². The summed E-state index contributed by atoms with van der Waals surface area (Å²) in [7, 11) is 0. The summed E-state index contributed by atoms with van der Waals surface area (Å²) in [5.74, 6) is 0.428. The molecule has 2 heteroatoms. The van der Waals surface area contributed by atoms with E-state index < -0.39 is 0 Å². The number of nitrogens with zero attached hydrogens (tertiary/aromatic N) is 1. The second-order valence-corrected chi connectivity index (χ2v) is 4.91. The molecule has 1 N–H and O–H groups in total. The minimum Gasteiger partial charge on any atom is -0.309 e. The average Bonchev–Trinajstić information content (AvgIpc) is 2.49. The molecule has 0 aliphatic rings. The van der Waals surface area contributed by atoms with Gasteiger partial charge in [-0.1, -0.05) is 44.2 Å². The van der Waals surface area contributed by atoms with Crippen LogP contribution in [0.15, 0.2) is 54.9 Å². The summed E-state index contributed by atoms with van der Waals surface area (Å²) in [5.41, 5.74) is 2.67. The van der Waals surface area contributed by atoms with Gasteiger partial charge in [-0.3, -0.25) is 4.98 Å². The zero-order valence-electron chi connectivity index (χ0n) is 11.7. The number of benzene rings is 1. The Morgan fingerprint density at radius 3 is 2.32 bits per heavy atom. The molecule has 0 spiro atoms. The quantitative estimate of drug-likeness (QED) is 0.845. The molecule has 0 saturated carbocycles. The fourth-order valence-electron chi connectivity index (χ4n) is 2.40. The predicted molar refractivity (Wildman–Crippen MR) is 80.1 cm³/mol. The minimum absolute atomic E-state index is 0.351. The molecule has 0 amide bonds. The topological polar surface area (TPSA) is 24.9 Å². The summed E-state index contributed by atoms with van der Waals surface area (Å²) in [5, 5.41) is 3.66. The summed E-state index contributed by atoms with van der Waals surface area (Å²) in [4.78, 5) is 4.10. The van der Waals surface area contributed by atoms with Crippen LogP contribution >= 0.6 is 0 Å². The van der Waals surface area contributed by atoms with Crippen molar-refractivity contribution >= 4 is 0 Å². The molecule has 2 atom stereocenters. The highest BCUT2D eigenvalue weighted by Crippen LogP contribution is 2.30. The lowest BCUT2D eigenvalue weighted by molar-refractivity contribution is 0.466. The third-order valence-electron chi connectivity index (χ3n) is 3.50. The second kappa shape index (κ2) is 7.05. The van der Waals surface area contributed by atoms with Gasteiger partial charge >= 0.3 is 0 Å². The van der Waals surface area contributed by atoms with Gasteiger partial charge in [0.1, 0.15) is 0 Å². The van der Waals surface area contributed by atoms with Crippen molar-refractivity contribution in [1.29, 1.82) is 0 Å². The molecule has 19 heavy (non-hydrogen) atoms. The van der Waals surface area contributed by atoms with Crippen molar-refractivity contribution in [1.82, 2.24) is 10.3 Å². The number of aromatic nitrogens is 1. The van der Waals surface area contributed by atoms with Gasteiger partial charge in [0.15, 0.2) is 0 Å². The molecule has 0 aliphatic carbocycles. The number of rotatable bonds is 6. The third-order valence-corrected chi connectivity index (χ3v) is 3.50. The minimum atomic E-state index is 0.351. The van der Waals surface area contributed by atoms with Gasteiger partial charge in [0, 0.05) is 24.4 Å². The first-order valence-electron chi connectivity index (χ1n) is 7.01. The Bertz CT molecular complexity index is 467. The standard InChI is InChI=1S/C17H22N2/c1-3-11-19-17(16-7-5-4-6-8-16)14(2)15-9-12-18-13-10-15/h4-10,12-14,17,19H,3,11H2,1-2H3. The van der Waals surface area contributed by atoms with Gasteiger partial charge in [0.25, 0.3) is 0 Å². The molecule has 0 bridgehead atoms. The Morgan fingerprint density at radius 2 is 1.68 bits per heavy atom. The fraction of sp³-hybridized carbons (Fsp3) is 0.353. The molecule has 1 heterocycles. The van der Waals surface area contributed by atoms with E-state index in [1.807, 2.05) is 12.4 Å². The average molecular weight is 254 g/mol. The van der Waals surface area contributed by atoms with Crippen molar-refractivity contribution in [3.8, 4) is 0 Å². The van der Waals surface area contributed by atoms with Gasteiger partial charge in [-0.25, -0.2) is 0 Å². The number of hydrogen-bond donors (Lipinski definition) is 1. The van der Waals surface area contributed by atoms with Crippen LogP contribution in [-0.2, 0) is 0 Å². The molecular weight excluding hydrogens is 232 g/mol. The van der Waals surface area contributed by atoms with E-state index in [9.17, 15) is 0 Å². The van der Waals surface area contributed by atoms with Crippen LogP contribution in [0.2, 0.25) is 0 Å². The highest BCUT2D eigenvalue weighted by molar-refractivity contribution is 5.26. The van der Waals surface area contributed by atoms with E-state index in [-0.39, 0.29) is 0 Å². The zero-order chi connectivity index (χ0) is 13.5. The molecule has 1 aromatic carbocycles. The predicted octanol–water partition coefficient (Wildman–Crippen LogP) is 3.93. The van der Waals surface area contributed by atoms with Gasteiger partial charge in [0.2, 0.25) is 0 Å². The van der Waals surface area contributed by atoms with Gasteiger partial charge in [-0.2, -0.15) is 0 Å². The first kappa shape index (κ1) is 13.8. The van der Waals surface area contributed by atoms with Crippen molar-refractivity contribution in [2.45, 2.75) is 32.2 Å². The Balaban J connectivity index is 2.22. The molecule has 2 nitrogen and oxygen atoms in total.